The average Bonchev–Trinajstić information content (AvgIpc) is 2.70. The largest absolute Gasteiger partial charge is 0.399 e. The van der Waals surface area contributed by atoms with Gasteiger partial charge in [-0.25, -0.2) is 8.42 Å². The molecule has 0 aromatic heterocycles. The zero-order chi connectivity index (χ0) is 11.6. The van der Waals surface area contributed by atoms with E-state index >= 15 is 0 Å². The van der Waals surface area contributed by atoms with Crippen LogP contribution in [-0.2, 0) is 14.6 Å². The number of nitrogens with two attached hydrogens (primary N) is 1. The maximum Gasteiger partial charge on any atom is 0.180 e. The van der Waals surface area contributed by atoms with Gasteiger partial charge < -0.3 is 10.5 Å². The van der Waals surface area contributed by atoms with Crippen molar-refractivity contribution in [3.63, 3.8) is 0 Å². The second kappa shape index (κ2) is 4.43. The highest BCUT2D eigenvalue weighted by Gasteiger charge is 2.24. The summed E-state index contributed by atoms with van der Waals surface area (Å²) in [6, 6.07) is 6.28. The summed E-state index contributed by atoms with van der Waals surface area (Å²) in [6.45, 7) is 0.669. The van der Waals surface area contributed by atoms with Gasteiger partial charge in [0.05, 0.1) is 16.8 Å². The van der Waals surface area contributed by atoms with Crippen molar-refractivity contribution in [3.05, 3.63) is 24.3 Å². The van der Waals surface area contributed by atoms with Gasteiger partial charge in [0.2, 0.25) is 0 Å². The summed E-state index contributed by atoms with van der Waals surface area (Å²) in [7, 11) is -3.24. The van der Waals surface area contributed by atoms with Crippen LogP contribution < -0.4 is 5.73 Å². The van der Waals surface area contributed by atoms with Crippen molar-refractivity contribution in [2.75, 3.05) is 18.1 Å². The number of nitrogen functional groups attached to an aromatic ring is 1. The highest BCUT2D eigenvalue weighted by molar-refractivity contribution is 7.91. The van der Waals surface area contributed by atoms with Crippen LogP contribution in [0.25, 0.3) is 0 Å². The number of anilines is 1. The van der Waals surface area contributed by atoms with Crippen molar-refractivity contribution in [3.8, 4) is 0 Å². The Kier molecular flexibility index (Phi) is 3.16. The molecule has 1 aromatic carbocycles. The Morgan fingerprint density at radius 1 is 1.31 bits per heavy atom. The minimum atomic E-state index is -3.24. The fourth-order valence-corrected chi connectivity index (χ4v) is 3.29. The molecule has 1 heterocycles. The van der Waals surface area contributed by atoms with E-state index in [4.69, 9.17) is 10.5 Å². The number of rotatable bonds is 3. The Labute approximate surface area is 95.3 Å². The first-order chi connectivity index (χ1) is 7.58. The lowest BCUT2D eigenvalue weighted by Gasteiger charge is -2.10. The molecule has 1 fully saturated rings. The van der Waals surface area contributed by atoms with Gasteiger partial charge in [0, 0.05) is 12.3 Å². The normalized spacial score (nSPS) is 21.1. The van der Waals surface area contributed by atoms with Crippen molar-refractivity contribution in [1.29, 1.82) is 0 Å². The summed E-state index contributed by atoms with van der Waals surface area (Å²) < 4.78 is 29.3. The Hall–Kier alpha value is -1.07. The Bertz CT molecular complexity index is 447. The van der Waals surface area contributed by atoms with Gasteiger partial charge in [0.15, 0.2) is 9.84 Å². The van der Waals surface area contributed by atoms with Crippen molar-refractivity contribution in [2.24, 2.45) is 0 Å². The highest BCUT2D eigenvalue weighted by atomic mass is 32.2. The zero-order valence-corrected chi connectivity index (χ0v) is 9.74. The number of hydrogen-bond acceptors (Lipinski definition) is 4. The fraction of sp³-hybridized carbons (Fsp3) is 0.455. The lowest BCUT2D eigenvalue weighted by Crippen LogP contribution is -2.20. The molecule has 2 N–H and O–H groups in total. The van der Waals surface area contributed by atoms with Crippen LogP contribution in [0, 0.1) is 0 Å². The van der Waals surface area contributed by atoms with Gasteiger partial charge in [-0.2, -0.15) is 0 Å². The highest BCUT2D eigenvalue weighted by Crippen LogP contribution is 2.19. The molecular formula is C11H15NO3S. The number of sulfone groups is 1. The van der Waals surface area contributed by atoms with E-state index in [9.17, 15) is 8.42 Å². The van der Waals surface area contributed by atoms with E-state index < -0.39 is 9.84 Å². The van der Waals surface area contributed by atoms with E-state index in [-0.39, 0.29) is 11.9 Å². The molecule has 5 heteroatoms. The summed E-state index contributed by atoms with van der Waals surface area (Å²) in [5.74, 6) is 0.0664. The maximum absolute atomic E-state index is 12.0. The lowest BCUT2D eigenvalue weighted by atomic mass is 10.3. The van der Waals surface area contributed by atoms with Crippen molar-refractivity contribution < 1.29 is 13.2 Å². The minimum absolute atomic E-state index is 0.0664. The molecule has 0 saturated carbocycles. The van der Waals surface area contributed by atoms with E-state index in [0.29, 0.717) is 17.2 Å². The molecule has 0 aliphatic carbocycles. The Morgan fingerprint density at radius 3 is 2.56 bits per heavy atom. The van der Waals surface area contributed by atoms with Gasteiger partial charge in [0.1, 0.15) is 0 Å². The van der Waals surface area contributed by atoms with E-state index in [1.165, 1.54) is 0 Å². The van der Waals surface area contributed by atoms with Gasteiger partial charge in [-0.05, 0) is 37.1 Å². The third-order valence-electron chi connectivity index (χ3n) is 2.67. The topological polar surface area (TPSA) is 69.4 Å². The first-order valence-corrected chi connectivity index (χ1v) is 6.93. The van der Waals surface area contributed by atoms with E-state index in [1.807, 2.05) is 0 Å². The van der Waals surface area contributed by atoms with Gasteiger partial charge in [0.25, 0.3) is 0 Å². The smallest absolute Gasteiger partial charge is 0.180 e. The minimum Gasteiger partial charge on any atom is -0.399 e. The summed E-state index contributed by atoms with van der Waals surface area (Å²) in [4.78, 5) is 0.317. The van der Waals surface area contributed by atoms with Crippen LogP contribution in [0.2, 0.25) is 0 Å². The Balaban J connectivity index is 2.14. The summed E-state index contributed by atoms with van der Waals surface area (Å²) in [6.07, 6.45) is 1.62. The molecule has 4 nitrogen and oxygen atoms in total. The van der Waals surface area contributed by atoms with Gasteiger partial charge in [-0.15, -0.1) is 0 Å². The summed E-state index contributed by atoms with van der Waals surface area (Å²) in [5.41, 5.74) is 6.08. The molecule has 1 unspecified atom stereocenters. The molecular weight excluding hydrogens is 226 g/mol. The molecule has 0 amide bonds. The molecule has 1 atom stereocenters. The van der Waals surface area contributed by atoms with Gasteiger partial charge >= 0.3 is 0 Å². The second-order valence-electron chi connectivity index (χ2n) is 3.99. The van der Waals surface area contributed by atoms with E-state index in [2.05, 4.69) is 0 Å². The molecule has 2 rings (SSSR count). The van der Waals surface area contributed by atoms with Crippen LogP contribution in [0.1, 0.15) is 12.8 Å². The van der Waals surface area contributed by atoms with E-state index in [0.717, 1.165) is 12.8 Å². The lowest BCUT2D eigenvalue weighted by molar-refractivity contribution is 0.127. The number of ether oxygens (including phenoxy) is 1. The van der Waals surface area contributed by atoms with Crippen LogP contribution >= 0.6 is 0 Å². The molecule has 0 spiro atoms. The third kappa shape index (κ3) is 2.54. The maximum atomic E-state index is 12.0. The van der Waals surface area contributed by atoms with Crippen molar-refractivity contribution in [1.82, 2.24) is 0 Å². The second-order valence-corrected chi connectivity index (χ2v) is 6.02. The van der Waals surface area contributed by atoms with Crippen molar-refractivity contribution in [2.45, 2.75) is 23.8 Å². The van der Waals surface area contributed by atoms with Crippen LogP contribution in [0.15, 0.2) is 29.2 Å². The molecule has 0 bridgehead atoms. The summed E-state index contributed by atoms with van der Waals surface area (Å²) >= 11 is 0. The fourth-order valence-electron chi connectivity index (χ4n) is 1.79. The monoisotopic (exact) mass is 241 g/mol. The summed E-state index contributed by atoms with van der Waals surface area (Å²) in [5, 5.41) is 0. The van der Waals surface area contributed by atoms with Crippen LogP contribution in [0.3, 0.4) is 0 Å². The van der Waals surface area contributed by atoms with Crippen LogP contribution in [-0.4, -0.2) is 26.9 Å². The molecule has 1 aliphatic heterocycles. The molecule has 88 valence electrons. The molecule has 1 aliphatic rings. The molecule has 0 radical (unpaired) electrons. The number of benzene rings is 1. The Morgan fingerprint density at radius 2 is 2.00 bits per heavy atom. The average molecular weight is 241 g/mol. The van der Waals surface area contributed by atoms with Gasteiger partial charge in [-0.3, -0.25) is 0 Å². The SMILES string of the molecule is Nc1ccc(S(=O)(=O)CC2CCCO2)cc1. The first-order valence-electron chi connectivity index (χ1n) is 5.28. The van der Waals surface area contributed by atoms with E-state index in [1.54, 1.807) is 24.3 Å². The van der Waals surface area contributed by atoms with Crippen LogP contribution in [0.5, 0.6) is 0 Å². The third-order valence-corrected chi connectivity index (χ3v) is 4.47. The van der Waals surface area contributed by atoms with Crippen molar-refractivity contribution >= 4 is 15.5 Å². The quantitative estimate of drug-likeness (QED) is 0.808. The standard InChI is InChI=1S/C11H15NO3S/c12-9-3-5-11(6-4-9)16(13,14)8-10-2-1-7-15-10/h3-6,10H,1-2,7-8,12H2. The predicted molar refractivity (Wildman–Crippen MR) is 61.9 cm³/mol. The molecule has 16 heavy (non-hydrogen) atoms. The van der Waals surface area contributed by atoms with Gasteiger partial charge in [-0.1, -0.05) is 0 Å². The molecule has 1 aromatic rings. The number of hydrogen-bond donors (Lipinski definition) is 1. The zero-order valence-electron chi connectivity index (χ0n) is 8.93. The first kappa shape index (κ1) is 11.4. The molecule has 1 saturated heterocycles. The van der Waals surface area contributed by atoms with Crippen LogP contribution in [0.4, 0.5) is 5.69 Å². The predicted octanol–water partition coefficient (Wildman–Crippen LogP) is 1.22.